The molecule has 0 fully saturated rings. The van der Waals surface area contributed by atoms with Crippen LogP contribution in [-0.2, 0) is 0 Å². The molecule has 0 nitrogen and oxygen atoms in total. The van der Waals surface area contributed by atoms with Gasteiger partial charge < -0.3 is 0 Å². The van der Waals surface area contributed by atoms with Crippen molar-refractivity contribution in [2.24, 2.45) is 10.8 Å². The van der Waals surface area contributed by atoms with E-state index in [0.717, 1.165) is 0 Å². The Bertz CT molecular complexity index is 82.7. The topological polar surface area (TPSA) is 0 Å². The van der Waals surface area contributed by atoms with Crippen molar-refractivity contribution < 1.29 is 0 Å². The van der Waals surface area contributed by atoms with Crippen molar-refractivity contribution in [2.75, 3.05) is 0 Å². The third kappa shape index (κ3) is 10.1. The zero-order chi connectivity index (χ0) is 9.71. The molecule has 0 aromatic heterocycles. The summed E-state index contributed by atoms with van der Waals surface area (Å²) < 4.78 is 0. The predicted octanol–water partition coefficient (Wildman–Crippen LogP) is 6.40. The van der Waals surface area contributed by atoms with Gasteiger partial charge in [-0.2, -0.15) is 0 Å². The Kier molecular flexibility index (Phi) is 23.1. The fourth-order valence-electron chi connectivity index (χ4n) is 0.530. The Morgan fingerprint density at radius 1 is 0.714 bits per heavy atom. The molecule has 0 aromatic rings. The molecule has 0 saturated heterocycles. The van der Waals surface area contributed by atoms with Gasteiger partial charge in [0.2, 0.25) is 0 Å². The summed E-state index contributed by atoms with van der Waals surface area (Å²) in [4.78, 5) is 0. The molecule has 94 valence electrons. The molecule has 0 radical (unpaired) electrons. The third-order valence-corrected chi connectivity index (χ3v) is 2.91. The molecular formula is C14H38. The Morgan fingerprint density at radius 2 is 0.929 bits per heavy atom. The molecule has 0 heterocycles. The molecule has 0 heteroatoms. The molecule has 14 heavy (non-hydrogen) atoms. The summed E-state index contributed by atoms with van der Waals surface area (Å²) in [6, 6.07) is 0. The highest BCUT2D eigenvalue weighted by Crippen LogP contribution is 2.40. The Balaban J connectivity index is -0.0000000505. The molecule has 0 saturated carbocycles. The van der Waals surface area contributed by atoms with E-state index in [-0.39, 0.29) is 22.3 Å². The molecule has 0 rings (SSSR count). The van der Waals surface area contributed by atoms with Crippen LogP contribution < -0.4 is 0 Å². The lowest BCUT2D eigenvalue weighted by Crippen LogP contribution is -2.28. The van der Waals surface area contributed by atoms with Crippen molar-refractivity contribution in [1.82, 2.24) is 0 Å². The number of rotatable bonds is 1. The molecule has 0 aromatic carbocycles. The quantitative estimate of drug-likeness (QED) is 0.465. The molecule has 0 bridgehead atoms. The van der Waals surface area contributed by atoms with Crippen LogP contribution in [-0.4, -0.2) is 0 Å². The van der Waals surface area contributed by atoms with Crippen molar-refractivity contribution in [2.45, 2.75) is 84.1 Å². The van der Waals surface area contributed by atoms with Crippen molar-refractivity contribution in [3.63, 3.8) is 0 Å². The fraction of sp³-hybridized carbons (Fsp3) is 1.00. The summed E-state index contributed by atoms with van der Waals surface area (Å²) in [5.41, 5.74) is 0.925. The van der Waals surface area contributed by atoms with Gasteiger partial charge >= 0.3 is 0 Å². The van der Waals surface area contributed by atoms with Crippen LogP contribution >= 0.6 is 0 Å². The van der Waals surface area contributed by atoms with Crippen LogP contribution in [0.1, 0.15) is 84.1 Å². The number of hydrogen-bond acceptors (Lipinski definition) is 0. The maximum atomic E-state index is 2.33. The van der Waals surface area contributed by atoms with Crippen LogP contribution in [0.25, 0.3) is 0 Å². The lowest BCUT2D eigenvalue weighted by Gasteiger charge is -2.37. The summed E-state index contributed by atoms with van der Waals surface area (Å²) in [7, 11) is 0. The van der Waals surface area contributed by atoms with E-state index in [1.165, 1.54) is 6.42 Å². The normalized spacial score (nSPS) is 9.43. The van der Waals surface area contributed by atoms with Gasteiger partial charge in [-0.25, -0.2) is 0 Å². The largest absolute Gasteiger partial charge is 0.0776 e. The summed E-state index contributed by atoms with van der Waals surface area (Å²) in [6.45, 7) is 17.8. The summed E-state index contributed by atoms with van der Waals surface area (Å²) in [5.74, 6) is 0. The lowest BCUT2D eigenvalue weighted by molar-refractivity contribution is 0.126. The molecule has 0 atom stereocenters. The maximum Gasteiger partial charge on any atom is -0.0308 e. The van der Waals surface area contributed by atoms with Crippen LogP contribution in [0.2, 0.25) is 0 Å². The average molecular weight is 206 g/mol. The fourth-order valence-corrected chi connectivity index (χ4v) is 0.530. The van der Waals surface area contributed by atoms with Gasteiger partial charge in [-0.15, -0.1) is 0 Å². The van der Waals surface area contributed by atoms with E-state index in [2.05, 4.69) is 41.5 Å². The first-order valence-corrected chi connectivity index (χ1v) is 4.81. The summed E-state index contributed by atoms with van der Waals surface area (Å²) in [6.07, 6.45) is 1.26. The van der Waals surface area contributed by atoms with Gasteiger partial charge in [-0.1, -0.05) is 84.1 Å². The highest BCUT2D eigenvalue weighted by atomic mass is 14.3. The minimum Gasteiger partial charge on any atom is -0.0776 e. The minimum atomic E-state index is 0. The van der Waals surface area contributed by atoms with Crippen LogP contribution in [0.3, 0.4) is 0 Å². The molecule has 0 N–H and O–H groups in total. The Labute approximate surface area is 95.5 Å². The van der Waals surface area contributed by atoms with E-state index < -0.39 is 0 Å². The first-order valence-electron chi connectivity index (χ1n) is 4.81. The molecule has 0 unspecified atom stereocenters. The summed E-state index contributed by atoms with van der Waals surface area (Å²) >= 11 is 0. The van der Waals surface area contributed by atoms with E-state index in [1.807, 2.05) is 13.8 Å². The molecule has 0 amide bonds. The highest BCUT2D eigenvalue weighted by molar-refractivity contribution is 4.80. The lowest BCUT2D eigenvalue weighted by atomic mass is 9.68. The molecular weight excluding hydrogens is 168 g/mol. The van der Waals surface area contributed by atoms with Crippen LogP contribution in [0.5, 0.6) is 0 Å². The third-order valence-electron chi connectivity index (χ3n) is 2.91. The molecule has 0 aliphatic rings. The predicted molar refractivity (Wildman–Crippen MR) is 75.1 cm³/mol. The summed E-state index contributed by atoms with van der Waals surface area (Å²) in [5, 5.41) is 0. The zero-order valence-corrected chi connectivity index (χ0v) is 9.71. The van der Waals surface area contributed by atoms with E-state index in [4.69, 9.17) is 0 Å². The monoisotopic (exact) mass is 206 g/mol. The number of hydrogen-bond donors (Lipinski definition) is 0. The minimum absolute atomic E-state index is 0. The first kappa shape index (κ1) is 29.2. The standard InChI is InChI=1S/C9H20.C2H6.3CH4/c1-7-9(5,6)8(2,3)4;1-2;;;/h7H2,1-6H3;1-2H3;3*1H4. The average Bonchev–Trinajstić information content (AvgIpc) is 1.90. The van der Waals surface area contributed by atoms with Crippen molar-refractivity contribution in [3.8, 4) is 0 Å². The van der Waals surface area contributed by atoms with Crippen LogP contribution in [0.4, 0.5) is 0 Å². The second kappa shape index (κ2) is 11.1. The Morgan fingerprint density at radius 3 is 0.929 bits per heavy atom. The second-order valence-corrected chi connectivity index (χ2v) is 4.49. The van der Waals surface area contributed by atoms with Gasteiger partial charge in [-0.05, 0) is 10.8 Å². The van der Waals surface area contributed by atoms with Gasteiger partial charge in [0.1, 0.15) is 0 Å². The zero-order valence-electron chi connectivity index (χ0n) is 9.71. The van der Waals surface area contributed by atoms with E-state index >= 15 is 0 Å². The molecule has 0 aliphatic heterocycles. The molecule has 0 aliphatic carbocycles. The van der Waals surface area contributed by atoms with Crippen molar-refractivity contribution in [1.29, 1.82) is 0 Å². The van der Waals surface area contributed by atoms with Gasteiger partial charge in [-0.3, -0.25) is 0 Å². The first-order chi connectivity index (χ1) is 4.81. The van der Waals surface area contributed by atoms with Crippen molar-refractivity contribution >= 4 is 0 Å². The van der Waals surface area contributed by atoms with Gasteiger partial charge in [0, 0.05) is 0 Å². The smallest absolute Gasteiger partial charge is 0.0308 e. The van der Waals surface area contributed by atoms with Gasteiger partial charge in [0.05, 0.1) is 0 Å². The van der Waals surface area contributed by atoms with E-state index in [0.29, 0.717) is 10.8 Å². The van der Waals surface area contributed by atoms with Gasteiger partial charge in [0.15, 0.2) is 0 Å². The van der Waals surface area contributed by atoms with E-state index in [9.17, 15) is 0 Å². The van der Waals surface area contributed by atoms with E-state index in [1.54, 1.807) is 0 Å². The van der Waals surface area contributed by atoms with Gasteiger partial charge in [0.25, 0.3) is 0 Å². The SMILES string of the molecule is C.C.C.CC.CCC(C)(C)C(C)(C)C. The van der Waals surface area contributed by atoms with Crippen molar-refractivity contribution in [3.05, 3.63) is 0 Å². The maximum absolute atomic E-state index is 2.33. The second-order valence-electron chi connectivity index (χ2n) is 4.49. The van der Waals surface area contributed by atoms with Crippen LogP contribution in [0, 0.1) is 10.8 Å². The van der Waals surface area contributed by atoms with Crippen LogP contribution in [0.15, 0.2) is 0 Å². The highest BCUT2D eigenvalue weighted by Gasteiger charge is 2.30. The molecule has 0 spiro atoms. The Hall–Kier alpha value is 0.